The Kier molecular flexibility index (Phi) is 4.21. The zero-order valence-electron chi connectivity index (χ0n) is 10.7. The largest absolute Gasteiger partial charge is 0.478 e. The van der Waals surface area contributed by atoms with Crippen LogP contribution in [0.3, 0.4) is 0 Å². The first-order valence-electron chi connectivity index (χ1n) is 6.36. The normalized spacial score (nSPS) is 17.5. The molecule has 1 amide bonds. The molecule has 0 radical (unpaired) electrons. The number of furan rings is 1. The Morgan fingerprint density at radius 3 is 2.63 bits per heavy atom. The Morgan fingerprint density at radius 1 is 1.42 bits per heavy atom. The van der Waals surface area contributed by atoms with Gasteiger partial charge < -0.3 is 15.3 Å². The van der Waals surface area contributed by atoms with Crippen molar-refractivity contribution in [3.05, 3.63) is 23.7 Å². The van der Waals surface area contributed by atoms with Gasteiger partial charge in [0.05, 0.1) is 12.1 Å². The number of piperidine rings is 1. The first-order chi connectivity index (χ1) is 9.04. The van der Waals surface area contributed by atoms with Crippen molar-refractivity contribution in [1.82, 2.24) is 4.90 Å². The fourth-order valence-corrected chi connectivity index (χ4v) is 2.43. The highest BCUT2D eigenvalue weighted by molar-refractivity contribution is 5.87. The summed E-state index contributed by atoms with van der Waals surface area (Å²) in [5.74, 6) is -0.184. The number of aromatic carboxylic acids is 1. The number of likely N-dealkylation sites (tertiary alicyclic amines) is 1. The highest BCUT2D eigenvalue weighted by Gasteiger charge is 2.21. The molecule has 1 saturated heterocycles. The Bertz CT molecular complexity index is 461. The van der Waals surface area contributed by atoms with Gasteiger partial charge in [0.2, 0.25) is 5.91 Å². The number of amides is 1. The summed E-state index contributed by atoms with van der Waals surface area (Å²) >= 11 is 0. The number of carbonyl (C=O) groups excluding carboxylic acids is 1. The minimum absolute atomic E-state index is 0.179. The maximum atomic E-state index is 10.8. The molecule has 6 heteroatoms. The van der Waals surface area contributed by atoms with E-state index in [1.807, 2.05) is 0 Å². The summed E-state index contributed by atoms with van der Waals surface area (Å²) in [4.78, 5) is 23.8. The lowest BCUT2D eigenvalue weighted by molar-refractivity contribution is -0.119. The lowest BCUT2D eigenvalue weighted by Crippen LogP contribution is -2.34. The molecule has 0 atom stereocenters. The molecule has 1 aliphatic heterocycles. The zero-order chi connectivity index (χ0) is 13.8. The lowest BCUT2D eigenvalue weighted by Gasteiger charge is -2.30. The second-order valence-electron chi connectivity index (χ2n) is 5.00. The van der Waals surface area contributed by atoms with Crippen LogP contribution in [0.25, 0.3) is 0 Å². The van der Waals surface area contributed by atoms with Crippen molar-refractivity contribution in [2.75, 3.05) is 13.1 Å². The molecule has 6 nitrogen and oxygen atoms in total. The van der Waals surface area contributed by atoms with Crippen molar-refractivity contribution in [2.45, 2.75) is 25.8 Å². The average molecular weight is 266 g/mol. The Balaban J connectivity index is 1.81. The van der Waals surface area contributed by atoms with Crippen LogP contribution in [0, 0.1) is 5.92 Å². The van der Waals surface area contributed by atoms with Crippen LogP contribution in [-0.2, 0) is 11.3 Å². The van der Waals surface area contributed by atoms with Gasteiger partial charge in [0.1, 0.15) is 12.0 Å². The third-order valence-electron chi connectivity index (χ3n) is 3.48. The van der Waals surface area contributed by atoms with Gasteiger partial charge in [0.15, 0.2) is 0 Å². The first-order valence-corrected chi connectivity index (χ1v) is 6.36. The molecular formula is C13H18N2O4. The summed E-state index contributed by atoms with van der Waals surface area (Å²) in [5.41, 5.74) is 5.37. The van der Waals surface area contributed by atoms with E-state index in [0.717, 1.165) is 25.9 Å². The van der Waals surface area contributed by atoms with Gasteiger partial charge in [-0.25, -0.2) is 4.79 Å². The molecule has 0 aromatic carbocycles. The highest BCUT2D eigenvalue weighted by atomic mass is 16.4. The SMILES string of the molecule is NC(=O)CC1CCN(Cc2cc(C(=O)O)co2)CC1. The molecule has 1 fully saturated rings. The standard InChI is InChI=1S/C13H18N2O4/c14-12(16)5-9-1-3-15(4-2-9)7-11-6-10(8-19-11)13(17)18/h6,8-9H,1-5,7H2,(H2,14,16)(H,17,18). The predicted octanol–water partition coefficient (Wildman–Crippen LogP) is 1.07. The fourth-order valence-electron chi connectivity index (χ4n) is 2.43. The van der Waals surface area contributed by atoms with E-state index < -0.39 is 5.97 Å². The van der Waals surface area contributed by atoms with E-state index in [9.17, 15) is 9.59 Å². The third-order valence-corrected chi connectivity index (χ3v) is 3.48. The van der Waals surface area contributed by atoms with E-state index in [1.54, 1.807) is 6.07 Å². The summed E-state index contributed by atoms with van der Waals surface area (Å²) in [6.07, 6.45) is 3.60. The molecular weight excluding hydrogens is 248 g/mol. The molecule has 0 unspecified atom stereocenters. The van der Waals surface area contributed by atoms with Crippen LogP contribution in [0.4, 0.5) is 0 Å². The number of carboxylic acid groups (broad SMARTS) is 1. The van der Waals surface area contributed by atoms with Gasteiger partial charge in [-0.2, -0.15) is 0 Å². The number of carboxylic acids is 1. The lowest BCUT2D eigenvalue weighted by atomic mass is 9.93. The van der Waals surface area contributed by atoms with Crippen molar-refractivity contribution >= 4 is 11.9 Å². The van der Waals surface area contributed by atoms with Crippen LogP contribution in [0.5, 0.6) is 0 Å². The molecule has 0 bridgehead atoms. The molecule has 3 N–H and O–H groups in total. The van der Waals surface area contributed by atoms with E-state index in [0.29, 0.717) is 24.6 Å². The Labute approximate surface area is 111 Å². The van der Waals surface area contributed by atoms with Gasteiger partial charge in [-0.05, 0) is 37.9 Å². The summed E-state index contributed by atoms with van der Waals surface area (Å²) in [7, 11) is 0. The van der Waals surface area contributed by atoms with Crippen LogP contribution in [0.2, 0.25) is 0 Å². The fraction of sp³-hybridized carbons (Fsp3) is 0.538. The topological polar surface area (TPSA) is 96.8 Å². The van der Waals surface area contributed by atoms with Gasteiger partial charge in [0, 0.05) is 6.42 Å². The van der Waals surface area contributed by atoms with Crippen LogP contribution in [-0.4, -0.2) is 35.0 Å². The van der Waals surface area contributed by atoms with Crippen LogP contribution < -0.4 is 5.73 Å². The molecule has 2 heterocycles. The van der Waals surface area contributed by atoms with Crippen molar-refractivity contribution in [3.63, 3.8) is 0 Å². The number of hydrogen-bond donors (Lipinski definition) is 2. The molecule has 2 rings (SSSR count). The maximum Gasteiger partial charge on any atom is 0.338 e. The number of nitrogens with zero attached hydrogens (tertiary/aromatic N) is 1. The zero-order valence-corrected chi connectivity index (χ0v) is 10.7. The summed E-state index contributed by atoms with van der Waals surface area (Å²) in [6, 6.07) is 1.55. The van der Waals surface area contributed by atoms with E-state index in [2.05, 4.69) is 4.90 Å². The number of carbonyl (C=O) groups is 2. The Hall–Kier alpha value is -1.82. The molecule has 0 aliphatic carbocycles. The molecule has 19 heavy (non-hydrogen) atoms. The van der Waals surface area contributed by atoms with Crippen LogP contribution in [0.15, 0.2) is 16.7 Å². The van der Waals surface area contributed by atoms with Crippen molar-refractivity contribution < 1.29 is 19.1 Å². The van der Waals surface area contributed by atoms with E-state index in [-0.39, 0.29) is 11.5 Å². The number of hydrogen-bond acceptors (Lipinski definition) is 4. The van der Waals surface area contributed by atoms with E-state index in [4.69, 9.17) is 15.3 Å². The summed E-state index contributed by atoms with van der Waals surface area (Å²) < 4.78 is 5.22. The van der Waals surface area contributed by atoms with Crippen molar-refractivity contribution in [2.24, 2.45) is 11.7 Å². The predicted molar refractivity (Wildman–Crippen MR) is 67.5 cm³/mol. The van der Waals surface area contributed by atoms with Crippen molar-refractivity contribution in [1.29, 1.82) is 0 Å². The number of primary amides is 1. The molecule has 0 spiro atoms. The number of rotatable bonds is 5. The van der Waals surface area contributed by atoms with Gasteiger partial charge in [-0.15, -0.1) is 0 Å². The maximum absolute atomic E-state index is 10.8. The first kappa shape index (κ1) is 13.6. The molecule has 1 aromatic rings. The molecule has 1 aromatic heterocycles. The monoisotopic (exact) mass is 266 g/mol. The second kappa shape index (κ2) is 5.88. The quantitative estimate of drug-likeness (QED) is 0.830. The van der Waals surface area contributed by atoms with Gasteiger partial charge in [0.25, 0.3) is 0 Å². The molecule has 104 valence electrons. The van der Waals surface area contributed by atoms with Gasteiger partial charge in [-0.1, -0.05) is 0 Å². The van der Waals surface area contributed by atoms with Gasteiger partial charge in [-0.3, -0.25) is 9.69 Å². The minimum atomic E-state index is -0.977. The second-order valence-corrected chi connectivity index (χ2v) is 5.00. The van der Waals surface area contributed by atoms with E-state index >= 15 is 0 Å². The number of nitrogens with two attached hydrogens (primary N) is 1. The summed E-state index contributed by atoms with van der Waals surface area (Å²) in [6.45, 7) is 2.36. The molecule has 0 saturated carbocycles. The highest BCUT2D eigenvalue weighted by Crippen LogP contribution is 2.22. The van der Waals surface area contributed by atoms with Gasteiger partial charge >= 0.3 is 5.97 Å². The van der Waals surface area contributed by atoms with Crippen LogP contribution in [0.1, 0.15) is 35.4 Å². The van der Waals surface area contributed by atoms with E-state index in [1.165, 1.54) is 6.26 Å². The third kappa shape index (κ3) is 3.82. The Morgan fingerprint density at radius 2 is 2.11 bits per heavy atom. The van der Waals surface area contributed by atoms with Crippen LogP contribution >= 0.6 is 0 Å². The molecule has 1 aliphatic rings. The summed E-state index contributed by atoms with van der Waals surface area (Å²) in [5, 5.41) is 8.81. The van der Waals surface area contributed by atoms with Crippen molar-refractivity contribution in [3.8, 4) is 0 Å². The minimum Gasteiger partial charge on any atom is -0.478 e. The average Bonchev–Trinajstić information content (AvgIpc) is 2.80. The smallest absolute Gasteiger partial charge is 0.338 e.